The highest BCUT2D eigenvalue weighted by Crippen LogP contribution is 2.46. The standard InChI is InChI=1S/C7H8O3/c1-2-5(8)7(3-4-7)6(9)10/h2H,1,3-4H2,(H,9,10). The van der Waals surface area contributed by atoms with E-state index in [2.05, 4.69) is 6.58 Å². The lowest BCUT2D eigenvalue weighted by molar-refractivity contribution is -0.146. The van der Waals surface area contributed by atoms with E-state index in [9.17, 15) is 9.59 Å². The number of carbonyl (C=O) groups is 2. The lowest BCUT2D eigenvalue weighted by atomic mass is 10.0. The molecule has 0 aromatic rings. The van der Waals surface area contributed by atoms with Crippen molar-refractivity contribution in [2.45, 2.75) is 12.8 Å². The molecule has 3 nitrogen and oxygen atoms in total. The van der Waals surface area contributed by atoms with Gasteiger partial charge in [-0.25, -0.2) is 0 Å². The summed E-state index contributed by atoms with van der Waals surface area (Å²) in [7, 11) is 0. The molecule has 0 heterocycles. The second kappa shape index (κ2) is 1.94. The maximum Gasteiger partial charge on any atom is 0.317 e. The van der Waals surface area contributed by atoms with E-state index >= 15 is 0 Å². The van der Waals surface area contributed by atoms with E-state index in [0.717, 1.165) is 6.08 Å². The Bertz CT molecular complexity index is 201. The van der Waals surface area contributed by atoms with E-state index in [1.54, 1.807) is 0 Å². The number of carboxylic acids is 1. The highest BCUT2D eigenvalue weighted by atomic mass is 16.4. The zero-order valence-electron chi connectivity index (χ0n) is 5.46. The zero-order valence-corrected chi connectivity index (χ0v) is 5.46. The molecule has 0 amide bonds. The van der Waals surface area contributed by atoms with Gasteiger partial charge in [0.05, 0.1) is 0 Å². The minimum Gasteiger partial charge on any atom is -0.480 e. The van der Waals surface area contributed by atoms with Crippen LogP contribution in [0.15, 0.2) is 12.7 Å². The van der Waals surface area contributed by atoms with Crippen molar-refractivity contribution in [2.24, 2.45) is 5.41 Å². The number of hydrogen-bond acceptors (Lipinski definition) is 2. The summed E-state index contributed by atoms with van der Waals surface area (Å²) in [6.45, 7) is 3.24. The normalized spacial score (nSPS) is 19.6. The van der Waals surface area contributed by atoms with Crippen LogP contribution >= 0.6 is 0 Å². The van der Waals surface area contributed by atoms with Gasteiger partial charge in [-0.15, -0.1) is 0 Å². The van der Waals surface area contributed by atoms with Gasteiger partial charge in [-0.05, 0) is 18.9 Å². The SMILES string of the molecule is C=CC(=O)C1(C(=O)O)CC1. The Hall–Kier alpha value is -1.12. The fraction of sp³-hybridized carbons (Fsp3) is 0.429. The fourth-order valence-electron chi connectivity index (χ4n) is 0.886. The van der Waals surface area contributed by atoms with Crippen molar-refractivity contribution in [3.63, 3.8) is 0 Å². The average molecular weight is 140 g/mol. The molecule has 10 heavy (non-hydrogen) atoms. The molecule has 0 aliphatic heterocycles. The third-order valence-corrected chi connectivity index (χ3v) is 1.82. The third-order valence-electron chi connectivity index (χ3n) is 1.82. The predicted molar refractivity (Wildman–Crippen MR) is 34.5 cm³/mol. The fourth-order valence-corrected chi connectivity index (χ4v) is 0.886. The van der Waals surface area contributed by atoms with Crippen LogP contribution in [0.1, 0.15) is 12.8 Å². The Kier molecular flexibility index (Phi) is 1.35. The zero-order chi connectivity index (χ0) is 7.78. The summed E-state index contributed by atoms with van der Waals surface area (Å²) < 4.78 is 0. The summed E-state index contributed by atoms with van der Waals surface area (Å²) in [5.41, 5.74) is -1.08. The van der Waals surface area contributed by atoms with Gasteiger partial charge in [0, 0.05) is 0 Å². The van der Waals surface area contributed by atoms with Crippen molar-refractivity contribution in [3.05, 3.63) is 12.7 Å². The van der Waals surface area contributed by atoms with Gasteiger partial charge in [-0.3, -0.25) is 9.59 Å². The van der Waals surface area contributed by atoms with Gasteiger partial charge in [0.2, 0.25) is 0 Å². The van der Waals surface area contributed by atoms with Crippen LogP contribution in [0.3, 0.4) is 0 Å². The van der Waals surface area contributed by atoms with Crippen molar-refractivity contribution in [1.82, 2.24) is 0 Å². The van der Waals surface area contributed by atoms with E-state index in [0.29, 0.717) is 12.8 Å². The highest BCUT2D eigenvalue weighted by Gasteiger charge is 2.55. The van der Waals surface area contributed by atoms with Gasteiger partial charge in [-0.1, -0.05) is 6.58 Å². The summed E-state index contributed by atoms with van der Waals surface area (Å²) in [4.78, 5) is 21.3. The second-order valence-corrected chi connectivity index (χ2v) is 2.46. The van der Waals surface area contributed by atoms with Gasteiger partial charge in [-0.2, -0.15) is 0 Å². The summed E-state index contributed by atoms with van der Waals surface area (Å²) in [6, 6.07) is 0. The first-order chi connectivity index (χ1) is 4.63. The molecule has 0 unspecified atom stereocenters. The van der Waals surface area contributed by atoms with E-state index in [1.807, 2.05) is 0 Å². The van der Waals surface area contributed by atoms with Crippen molar-refractivity contribution in [1.29, 1.82) is 0 Å². The Balaban J connectivity index is 2.79. The summed E-state index contributed by atoms with van der Waals surface area (Å²) in [5.74, 6) is -1.38. The maximum absolute atomic E-state index is 10.8. The summed E-state index contributed by atoms with van der Waals surface area (Å²) in [5, 5.41) is 8.54. The average Bonchev–Trinajstić information content (AvgIpc) is 2.65. The first-order valence-electron chi connectivity index (χ1n) is 3.04. The Morgan fingerprint density at radius 1 is 1.50 bits per heavy atom. The van der Waals surface area contributed by atoms with Crippen LogP contribution in [0.4, 0.5) is 0 Å². The molecule has 0 radical (unpaired) electrons. The Morgan fingerprint density at radius 3 is 2.10 bits per heavy atom. The van der Waals surface area contributed by atoms with E-state index in [1.165, 1.54) is 0 Å². The van der Waals surface area contributed by atoms with Crippen molar-refractivity contribution >= 4 is 11.8 Å². The lowest BCUT2D eigenvalue weighted by Gasteiger charge is -2.01. The molecule has 0 spiro atoms. The number of allylic oxidation sites excluding steroid dienone is 1. The second-order valence-electron chi connectivity index (χ2n) is 2.46. The van der Waals surface area contributed by atoms with Gasteiger partial charge in [0.15, 0.2) is 5.78 Å². The van der Waals surface area contributed by atoms with Crippen molar-refractivity contribution in [3.8, 4) is 0 Å². The van der Waals surface area contributed by atoms with Crippen LogP contribution < -0.4 is 0 Å². The van der Waals surface area contributed by atoms with Gasteiger partial charge in [0.25, 0.3) is 0 Å². The van der Waals surface area contributed by atoms with Crippen molar-refractivity contribution < 1.29 is 14.7 Å². The van der Waals surface area contributed by atoms with Crippen LogP contribution in [0.2, 0.25) is 0 Å². The molecule has 0 aromatic carbocycles. The van der Waals surface area contributed by atoms with Gasteiger partial charge < -0.3 is 5.11 Å². The molecule has 54 valence electrons. The molecular formula is C7H8O3. The van der Waals surface area contributed by atoms with Crippen LogP contribution in [0.25, 0.3) is 0 Å². The topological polar surface area (TPSA) is 54.4 Å². The molecule has 0 bridgehead atoms. The molecule has 0 aromatic heterocycles. The monoisotopic (exact) mass is 140 g/mol. The minimum absolute atomic E-state index is 0.361. The Morgan fingerprint density at radius 2 is 2.00 bits per heavy atom. The number of hydrogen-bond donors (Lipinski definition) is 1. The van der Waals surface area contributed by atoms with E-state index in [-0.39, 0.29) is 5.78 Å². The molecular weight excluding hydrogens is 132 g/mol. The third kappa shape index (κ3) is 0.744. The Labute approximate surface area is 58.4 Å². The molecule has 1 fully saturated rings. The van der Waals surface area contributed by atoms with Gasteiger partial charge in [0.1, 0.15) is 5.41 Å². The highest BCUT2D eigenvalue weighted by molar-refractivity contribution is 6.10. The minimum atomic E-state index is -1.08. The molecule has 1 saturated carbocycles. The summed E-state index contributed by atoms with van der Waals surface area (Å²) >= 11 is 0. The largest absolute Gasteiger partial charge is 0.480 e. The first-order valence-corrected chi connectivity index (χ1v) is 3.04. The number of aliphatic carboxylic acids is 1. The predicted octanol–water partition coefficient (Wildman–Crippen LogP) is 0.606. The first kappa shape index (κ1) is 6.99. The number of carboxylic acid groups (broad SMARTS) is 1. The molecule has 3 heteroatoms. The van der Waals surface area contributed by atoms with Crippen molar-refractivity contribution in [2.75, 3.05) is 0 Å². The quantitative estimate of drug-likeness (QED) is 0.461. The molecule has 0 atom stereocenters. The van der Waals surface area contributed by atoms with E-state index < -0.39 is 11.4 Å². The smallest absolute Gasteiger partial charge is 0.317 e. The van der Waals surface area contributed by atoms with Crippen LogP contribution in [-0.4, -0.2) is 16.9 Å². The van der Waals surface area contributed by atoms with Gasteiger partial charge >= 0.3 is 5.97 Å². The van der Waals surface area contributed by atoms with Crippen LogP contribution in [0, 0.1) is 5.41 Å². The molecule has 1 N–H and O–H groups in total. The van der Waals surface area contributed by atoms with Crippen LogP contribution in [-0.2, 0) is 9.59 Å². The van der Waals surface area contributed by atoms with Crippen LogP contribution in [0.5, 0.6) is 0 Å². The number of carbonyl (C=O) groups excluding carboxylic acids is 1. The maximum atomic E-state index is 10.8. The molecule has 1 rings (SSSR count). The lowest BCUT2D eigenvalue weighted by Crippen LogP contribution is -2.23. The molecule has 0 saturated heterocycles. The summed E-state index contributed by atoms with van der Waals surface area (Å²) in [6.07, 6.45) is 2.02. The van der Waals surface area contributed by atoms with E-state index in [4.69, 9.17) is 5.11 Å². The number of ketones is 1. The molecule has 1 aliphatic rings. The molecule has 1 aliphatic carbocycles. The number of rotatable bonds is 3.